The first kappa shape index (κ1) is 19.7. The zero-order chi connectivity index (χ0) is 21.1. The number of rotatable bonds is 6. The number of hydrogen-bond donors (Lipinski definition) is 1. The van der Waals surface area contributed by atoms with Crippen molar-refractivity contribution in [3.05, 3.63) is 94.9 Å². The van der Waals surface area contributed by atoms with Crippen molar-refractivity contribution in [3.8, 4) is 5.75 Å². The molecule has 2 amide bonds. The number of methoxy groups -OCH3 is 1. The lowest BCUT2D eigenvalue weighted by Gasteiger charge is -2.15. The number of imide groups is 1. The molecule has 0 saturated carbocycles. The molecule has 0 unspecified atom stereocenters. The third kappa shape index (κ3) is 3.77. The third-order valence-electron chi connectivity index (χ3n) is 4.73. The van der Waals surface area contributed by atoms with E-state index in [1.54, 1.807) is 62.0 Å². The van der Waals surface area contributed by atoms with Crippen molar-refractivity contribution in [1.29, 1.82) is 0 Å². The molecule has 0 fully saturated rings. The summed E-state index contributed by atoms with van der Waals surface area (Å²) in [5.74, 6) is -0.241. The van der Waals surface area contributed by atoms with E-state index in [0.29, 0.717) is 22.0 Å². The van der Waals surface area contributed by atoms with Gasteiger partial charge in [-0.25, -0.2) is 0 Å². The van der Waals surface area contributed by atoms with E-state index in [4.69, 9.17) is 16.3 Å². The number of para-hydroxylation sites is 2. The fourth-order valence-electron chi connectivity index (χ4n) is 3.28. The van der Waals surface area contributed by atoms with Crippen molar-refractivity contribution >= 4 is 34.7 Å². The number of aromatic nitrogens is 1. The lowest BCUT2D eigenvalue weighted by molar-refractivity contribution is -0.137. The Morgan fingerprint density at radius 2 is 1.77 bits per heavy atom. The highest BCUT2D eigenvalue weighted by Gasteiger charge is 2.39. The Morgan fingerprint density at radius 1 is 1.00 bits per heavy atom. The van der Waals surface area contributed by atoms with E-state index < -0.39 is 5.91 Å². The van der Waals surface area contributed by atoms with E-state index in [-0.39, 0.29) is 23.7 Å². The Labute approximate surface area is 178 Å². The van der Waals surface area contributed by atoms with Crippen molar-refractivity contribution in [2.45, 2.75) is 6.54 Å². The molecule has 1 aliphatic rings. The van der Waals surface area contributed by atoms with Gasteiger partial charge in [-0.15, -0.1) is 0 Å². The van der Waals surface area contributed by atoms with E-state index in [1.165, 1.54) is 4.90 Å². The molecule has 0 radical (unpaired) electrons. The number of nitrogens with zero attached hydrogens (tertiary/aromatic N) is 2. The first-order valence-electron chi connectivity index (χ1n) is 9.24. The van der Waals surface area contributed by atoms with Gasteiger partial charge in [0.15, 0.2) is 0 Å². The molecule has 1 aliphatic heterocycles. The minimum Gasteiger partial charge on any atom is -0.495 e. The summed E-state index contributed by atoms with van der Waals surface area (Å²) in [4.78, 5) is 31.8. The van der Waals surface area contributed by atoms with Gasteiger partial charge < -0.3 is 10.1 Å². The molecule has 30 heavy (non-hydrogen) atoms. The standard InChI is InChI=1S/C23H18ClN3O3/c1-30-19-7-3-2-6-18(19)26-21-20(16-8-10-17(24)11-9-16)22(28)27(23(21)29)14-15-5-4-12-25-13-15/h2-13,26H,14H2,1H3. The lowest BCUT2D eigenvalue weighted by atomic mass is 10.0. The molecule has 0 aliphatic carbocycles. The molecular weight excluding hydrogens is 402 g/mol. The molecule has 0 atom stereocenters. The lowest BCUT2D eigenvalue weighted by Crippen LogP contribution is -2.32. The molecule has 2 heterocycles. The van der Waals surface area contributed by atoms with Crippen molar-refractivity contribution in [1.82, 2.24) is 9.88 Å². The Morgan fingerprint density at radius 3 is 2.47 bits per heavy atom. The second-order valence-corrected chi connectivity index (χ2v) is 7.08. The number of pyridine rings is 1. The molecule has 0 bridgehead atoms. The molecule has 0 spiro atoms. The number of carbonyl (C=O) groups is 2. The molecule has 150 valence electrons. The summed E-state index contributed by atoms with van der Waals surface area (Å²) in [5.41, 5.74) is 2.42. The highest BCUT2D eigenvalue weighted by Crippen LogP contribution is 2.34. The number of anilines is 1. The number of ether oxygens (including phenoxy) is 1. The average molecular weight is 420 g/mol. The highest BCUT2D eigenvalue weighted by atomic mass is 35.5. The Bertz CT molecular complexity index is 1130. The molecule has 6 nitrogen and oxygen atoms in total. The van der Waals surface area contributed by atoms with Crippen LogP contribution in [0.5, 0.6) is 5.75 Å². The quantitative estimate of drug-likeness (QED) is 0.608. The Balaban J connectivity index is 1.77. The van der Waals surface area contributed by atoms with Gasteiger partial charge in [0.1, 0.15) is 11.4 Å². The minimum absolute atomic E-state index is 0.125. The first-order valence-corrected chi connectivity index (χ1v) is 9.61. The van der Waals surface area contributed by atoms with Crippen LogP contribution in [0.4, 0.5) is 5.69 Å². The van der Waals surface area contributed by atoms with Gasteiger partial charge in [0, 0.05) is 17.4 Å². The maximum Gasteiger partial charge on any atom is 0.278 e. The van der Waals surface area contributed by atoms with Crippen LogP contribution in [0.2, 0.25) is 5.02 Å². The predicted molar refractivity (Wildman–Crippen MR) is 115 cm³/mol. The third-order valence-corrected chi connectivity index (χ3v) is 4.98. The molecular formula is C23H18ClN3O3. The first-order chi connectivity index (χ1) is 14.6. The van der Waals surface area contributed by atoms with Gasteiger partial charge in [-0.1, -0.05) is 41.9 Å². The number of carbonyl (C=O) groups excluding carboxylic acids is 2. The minimum atomic E-state index is -0.417. The summed E-state index contributed by atoms with van der Waals surface area (Å²) in [6, 6.07) is 17.6. The summed E-state index contributed by atoms with van der Waals surface area (Å²) in [6.45, 7) is 0.125. The zero-order valence-corrected chi connectivity index (χ0v) is 16.9. The summed E-state index contributed by atoms with van der Waals surface area (Å²) < 4.78 is 5.38. The van der Waals surface area contributed by atoms with Crippen LogP contribution in [0, 0.1) is 0 Å². The van der Waals surface area contributed by atoms with E-state index in [0.717, 1.165) is 5.56 Å². The van der Waals surface area contributed by atoms with Gasteiger partial charge >= 0.3 is 0 Å². The van der Waals surface area contributed by atoms with Crippen LogP contribution in [0.3, 0.4) is 0 Å². The second kappa shape index (κ2) is 8.39. The molecule has 1 N–H and O–H groups in total. The SMILES string of the molecule is COc1ccccc1NC1=C(c2ccc(Cl)cc2)C(=O)N(Cc2cccnc2)C1=O. The van der Waals surface area contributed by atoms with Crippen LogP contribution in [0.25, 0.3) is 5.57 Å². The van der Waals surface area contributed by atoms with Crippen LogP contribution in [0.15, 0.2) is 78.8 Å². The smallest absolute Gasteiger partial charge is 0.278 e. The van der Waals surface area contributed by atoms with Crippen molar-refractivity contribution in [2.75, 3.05) is 12.4 Å². The van der Waals surface area contributed by atoms with E-state index in [1.807, 2.05) is 18.2 Å². The highest BCUT2D eigenvalue weighted by molar-refractivity contribution is 6.36. The summed E-state index contributed by atoms with van der Waals surface area (Å²) in [6.07, 6.45) is 3.28. The average Bonchev–Trinajstić information content (AvgIpc) is 3.00. The van der Waals surface area contributed by atoms with E-state index in [2.05, 4.69) is 10.3 Å². The van der Waals surface area contributed by atoms with Crippen molar-refractivity contribution < 1.29 is 14.3 Å². The topological polar surface area (TPSA) is 71.5 Å². The maximum absolute atomic E-state index is 13.3. The molecule has 3 aromatic rings. The van der Waals surface area contributed by atoms with Gasteiger partial charge in [-0.3, -0.25) is 19.5 Å². The molecule has 2 aromatic carbocycles. The number of hydrogen-bond acceptors (Lipinski definition) is 5. The number of halogens is 1. The predicted octanol–water partition coefficient (Wildman–Crippen LogP) is 4.14. The van der Waals surface area contributed by atoms with Gasteiger partial charge in [-0.2, -0.15) is 0 Å². The maximum atomic E-state index is 13.3. The summed E-state index contributed by atoms with van der Waals surface area (Å²) in [7, 11) is 1.55. The fourth-order valence-corrected chi connectivity index (χ4v) is 3.40. The van der Waals surface area contributed by atoms with Gasteiger partial charge in [0.05, 0.1) is 24.9 Å². The van der Waals surface area contributed by atoms with Gasteiger partial charge in [0.2, 0.25) is 0 Å². The second-order valence-electron chi connectivity index (χ2n) is 6.64. The number of nitrogens with one attached hydrogen (secondary N) is 1. The molecule has 0 saturated heterocycles. The largest absolute Gasteiger partial charge is 0.495 e. The molecule has 1 aromatic heterocycles. The Kier molecular flexibility index (Phi) is 5.50. The van der Waals surface area contributed by atoms with E-state index >= 15 is 0 Å². The normalized spacial score (nSPS) is 13.7. The van der Waals surface area contributed by atoms with Crippen LogP contribution in [0.1, 0.15) is 11.1 Å². The van der Waals surface area contributed by atoms with Crippen LogP contribution < -0.4 is 10.1 Å². The molecule has 7 heteroatoms. The van der Waals surface area contributed by atoms with Crippen LogP contribution >= 0.6 is 11.6 Å². The monoisotopic (exact) mass is 419 g/mol. The van der Waals surface area contributed by atoms with Crippen LogP contribution in [-0.2, 0) is 16.1 Å². The fraction of sp³-hybridized carbons (Fsp3) is 0.0870. The summed E-state index contributed by atoms with van der Waals surface area (Å²) in [5, 5.41) is 3.66. The zero-order valence-electron chi connectivity index (χ0n) is 16.1. The Hall–Kier alpha value is -3.64. The van der Waals surface area contributed by atoms with Gasteiger partial charge in [-0.05, 0) is 41.5 Å². The molecule has 4 rings (SSSR count). The number of benzene rings is 2. The summed E-state index contributed by atoms with van der Waals surface area (Å²) >= 11 is 6.01. The van der Waals surface area contributed by atoms with E-state index in [9.17, 15) is 9.59 Å². The van der Waals surface area contributed by atoms with Crippen LogP contribution in [-0.4, -0.2) is 28.8 Å². The van der Waals surface area contributed by atoms with Gasteiger partial charge in [0.25, 0.3) is 11.8 Å². The van der Waals surface area contributed by atoms with Crippen molar-refractivity contribution in [3.63, 3.8) is 0 Å². The number of amides is 2. The van der Waals surface area contributed by atoms with Crippen molar-refractivity contribution in [2.24, 2.45) is 0 Å².